The van der Waals surface area contributed by atoms with E-state index in [0.29, 0.717) is 6.61 Å². The van der Waals surface area contributed by atoms with E-state index in [1.54, 1.807) is 18.9 Å². The minimum absolute atomic E-state index is 0.662. The van der Waals surface area contributed by atoms with Crippen molar-refractivity contribution in [2.75, 3.05) is 18.7 Å². The van der Waals surface area contributed by atoms with Gasteiger partial charge in [-0.05, 0) is 29.5 Å². The summed E-state index contributed by atoms with van der Waals surface area (Å²) in [6.45, 7) is 1.49. The zero-order chi connectivity index (χ0) is 13.5. The number of benzene rings is 2. The molecule has 0 unspecified atom stereocenters. The molecule has 2 nitrogen and oxygen atoms in total. The first-order chi connectivity index (χ1) is 9.33. The Morgan fingerprint density at radius 2 is 1.84 bits per heavy atom. The lowest BCUT2D eigenvalue weighted by Gasteiger charge is -2.11. The molecule has 0 aliphatic carbocycles. The van der Waals surface area contributed by atoms with E-state index in [1.807, 2.05) is 0 Å². The number of hydrogen-bond donors (Lipinski definition) is 1. The molecule has 0 heterocycles. The van der Waals surface area contributed by atoms with E-state index in [0.717, 1.165) is 6.54 Å². The van der Waals surface area contributed by atoms with Crippen LogP contribution in [0.2, 0.25) is 0 Å². The fourth-order valence-electron chi connectivity index (χ4n) is 1.98. The molecule has 0 aliphatic rings. The third-order valence-electron chi connectivity index (χ3n) is 2.89. The molecule has 0 atom stereocenters. The van der Waals surface area contributed by atoms with Gasteiger partial charge in [-0.25, -0.2) is 0 Å². The number of thioether (sulfide) groups is 1. The summed E-state index contributed by atoms with van der Waals surface area (Å²) in [5.41, 5.74) is 3.66. The van der Waals surface area contributed by atoms with Crippen LogP contribution in [0, 0.1) is 0 Å². The zero-order valence-corrected chi connectivity index (χ0v) is 12.2. The van der Waals surface area contributed by atoms with E-state index in [9.17, 15) is 0 Å². The molecule has 0 fully saturated rings. The normalized spacial score (nSPS) is 10.4. The molecule has 2 aromatic rings. The van der Waals surface area contributed by atoms with Gasteiger partial charge in [0.25, 0.3) is 0 Å². The van der Waals surface area contributed by atoms with Crippen LogP contribution in [0.15, 0.2) is 53.4 Å². The summed E-state index contributed by atoms with van der Waals surface area (Å²) in [6.07, 6.45) is 2.10. The second-order valence-corrected chi connectivity index (χ2v) is 5.15. The van der Waals surface area contributed by atoms with E-state index in [-0.39, 0.29) is 0 Å². The van der Waals surface area contributed by atoms with Gasteiger partial charge in [0.15, 0.2) is 0 Å². The third-order valence-corrected chi connectivity index (χ3v) is 3.69. The van der Waals surface area contributed by atoms with Gasteiger partial charge in [-0.15, -0.1) is 11.8 Å². The Balaban J connectivity index is 2.03. The quantitative estimate of drug-likeness (QED) is 0.798. The number of hydrogen-bond acceptors (Lipinski definition) is 3. The molecule has 0 bridgehead atoms. The van der Waals surface area contributed by atoms with E-state index in [2.05, 4.69) is 60.1 Å². The monoisotopic (exact) mass is 273 g/mol. The van der Waals surface area contributed by atoms with Crippen molar-refractivity contribution in [3.8, 4) is 0 Å². The van der Waals surface area contributed by atoms with Crippen LogP contribution in [0.5, 0.6) is 0 Å². The van der Waals surface area contributed by atoms with Gasteiger partial charge >= 0.3 is 0 Å². The average molecular weight is 273 g/mol. The Hall–Kier alpha value is -1.45. The lowest BCUT2D eigenvalue weighted by atomic mass is 10.1. The van der Waals surface area contributed by atoms with E-state index < -0.39 is 0 Å². The first-order valence-electron chi connectivity index (χ1n) is 6.27. The van der Waals surface area contributed by atoms with Crippen molar-refractivity contribution >= 4 is 17.4 Å². The summed E-state index contributed by atoms with van der Waals surface area (Å²) < 4.78 is 5.16. The number of anilines is 1. The Kier molecular flexibility index (Phi) is 5.31. The Morgan fingerprint density at radius 1 is 1.05 bits per heavy atom. The van der Waals surface area contributed by atoms with Gasteiger partial charge in [0, 0.05) is 24.2 Å². The second kappa shape index (κ2) is 7.22. The van der Waals surface area contributed by atoms with Crippen molar-refractivity contribution in [3.05, 3.63) is 59.7 Å². The topological polar surface area (TPSA) is 21.3 Å². The predicted molar refractivity (Wildman–Crippen MR) is 82.7 cm³/mol. The number of ether oxygens (including phenoxy) is 1. The van der Waals surface area contributed by atoms with Gasteiger partial charge in [-0.1, -0.05) is 36.4 Å². The third kappa shape index (κ3) is 4.01. The van der Waals surface area contributed by atoms with Crippen molar-refractivity contribution < 1.29 is 4.74 Å². The van der Waals surface area contributed by atoms with Crippen LogP contribution in [-0.4, -0.2) is 13.4 Å². The van der Waals surface area contributed by atoms with Crippen LogP contribution in [0.3, 0.4) is 0 Å². The van der Waals surface area contributed by atoms with Crippen molar-refractivity contribution in [2.24, 2.45) is 0 Å². The molecule has 2 rings (SSSR count). The van der Waals surface area contributed by atoms with E-state index >= 15 is 0 Å². The van der Waals surface area contributed by atoms with Crippen LogP contribution < -0.4 is 5.32 Å². The molecule has 19 heavy (non-hydrogen) atoms. The molecule has 2 aromatic carbocycles. The average Bonchev–Trinajstić information content (AvgIpc) is 2.46. The lowest BCUT2D eigenvalue weighted by molar-refractivity contribution is 0.185. The molecule has 0 amide bonds. The highest BCUT2D eigenvalue weighted by molar-refractivity contribution is 7.98. The molecule has 0 aliphatic heterocycles. The molecule has 0 aromatic heterocycles. The molecule has 3 heteroatoms. The molecule has 0 saturated heterocycles. The van der Waals surface area contributed by atoms with Crippen molar-refractivity contribution in [1.82, 2.24) is 0 Å². The number of methoxy groups -OCH3 is 1. The maximum atomic E-state index is 5.16. The molecule has 0 radical (unpaired) electrons. The summed E-state index contributed by atoms with van der Waals surface area (Å²) in [4.78, 5) is 1.27. The van der Waals surface area contributed by atoms with Crippen molar-refractivity contribution in [3.63, 3.8) is 0 Å². The lowest BCUT2D eigenvalue weighted by Crippen LogP contribution is -2.01. The number of para-hydroxylation sites is 1. The molecule has 1 N–H and O–H groups in total. The van der Waals surface area contributed by atoms with Gasteiger partial charge in [-0.2, -0.15) is 0 Å². The van der Waals surface area contributed by atoms with Crippen LogP contribution in [0.1, 0.15) is 11.1 Å². The summed E-state index contributed by atoms with van der Waals surface area (Å²) in [7, 11) is 1.72. The molecule has 100 valence electrons. The minimum Gasteiger partial charge on any atom is -0.380 e. The van der Waals surface area contributed by atoms with Gasteiger partial charge in [0.05, 0.1) is 6.61 Å². The highest BCUT2D eigenvalue weighted by atomic mass is 32.2. The fraction of sp³-hybridized carbons (Fsp3) is 0.250. The summed E-state index contributed by atoms with van der Waals surface area (Å²) in [5, 5.41) is 3.49. The zero-order valence-electron chi connectivity index (χ0n) is 11.3. The minimum atomic E-state index is 0.662. The van der Waals surface area contributed by atoms with Crippen LogP contribution in [0.4, 0.5) is 5.69 Å². The molecular formula is C16H19NOS. The predicted octanol–water partition coefficient (Wildman–Crippen LogP) is 4.17. The SMILES string of the molecule is COCc1cccc(CNc2ccccc2SC)c1. The summed E-state index contributed by atoms with van der Waals surface area (Å²) in [5.74, 6) is 0. The Bertz CT molecular complexity index is 528. The smallest absolute Gasteiger partial charge is 0.0713 e. The largest absolute Gasteiger partial charge is 0.380 e. The van der Waals surface area contributed by atoms with Gasteiger partial charge < -0.3 is 10.1 Å². The molecular weight excluding hydrogens is 254 g/mol. The maximum Gasteiger partial charge on any atom is 0.0713 e. The van der Waals surface area contributed by atoms with E-state index in [1.165, 1.54) is 21.7 Å². The van der Waals surface area contributed by atoms with Crippen molar-refractivity contribution in [1.29, 1.82) is 0 Å². The van der Waals surface area contributed by atoms with Crippen LogP contribution >= 0.6 is 11.8 Å². The van der Waals surface area contributed by atoms with Gasteiger partial charge in [-0.3, -0.25) is 0 Å². The molecule has 0 saturated carbocycles. The fourth-order valence-corrected chi connectivity index (χ4v) is 2.56. The van der Waals surface area contributed by atoms with Crippen LogP contribution in [0.25, 0.3) is 0 Å². The summed E-state index contributed by atoms with van der Waals surface area (Å²) >= 11 is 1.76. The second-order valence-electron chi connectivity index (χ2n) is 4.31. The van der Waals surface area contributed by atoms with Crippen LogP contribution in [-0.2, 0) is 17.9 Å². The number of nitrogens with one attached hydrogen (secondary N) is 1. The number of rotatable bonds is 6. The Labute approximate surface area is 119 Å². The van der Waals surface area contributed by atoms with E-state index in [4.69, 9.17) is 4.74 Å². The Morgan fingerprint density at radius 3 is 2.63 bits per heavy atom. The maximum absolute atomic E-state index is 5.16. The standard InChI is InChI=1S/C16H19NOS/c1-18-12-14-7-5-6-13(10-14)11-17-15-8-3-4-9-16(15)19-2/h3-10,17H,11-12H2,1-2H3. The summed E-state index contributed by atoms with van der Waals surface area (Å²) in [6, 6.07) is 16.8. The first kappa shape index (κ1) is 14.0. The molecule has 0 spiro atoms. The van der Waals surface area contributed by atoms with Gasteiger partial charge in [0.2, 0.25) is 0 Å². The van der Waals surface area contributed by atoms with Gasteiger partial charge in [0.1, 0.15) is 0 Å². The van der Waals surface area contributed by atoms with Crippen molar-refractivity contribution in [2.45, 2.75) is 18.0 Å². The first-order valence-corrected chi connectivity index (χ1v) is 7.49. The highest BCUT2D eigenvalue weighted by Gasteiger charge is 2.00. The highest BCUT2D eigenvalue weighted by Crippen LogP contribution is 2.25.